The van der Waals surface area contributed by atoms with Crippen LogP contribution in [0.5, 0.6) is 0 Å². The Morgan fingerprint density at radius 3 is 2.77 bits per heavy atom. The first kappa shape index (κ1) is 17.8. The molecule has 1 N–H and O–H groups in total. The third-order valence-electron chi connectivity index (χ3n) is 5.51. The molecule has 142 valence electrons. The second-order valence-electron chi connectivity index (χ2n) is 7.90. The van der Waals surface area contributed by atoms with Gasteiger partial charge in [-0.25, -0.2) is 8.78 Å². The van der Waals surface area contributed by atoms with Gasteiger partial charge in [-0.05, 0) is 18.7 Å². The van der Waals surface area contributed by atoms with E-state index in [2.05, 4.69) is 21.3 Å². The lowest BCUT2D eigenvalue weighted by Crippen LogP contribution is -2.72. The minimum absolute atomic E-state index is 0.214. The maximum absolute atomic E-state index is 12.9. The third kappa shape index (κ3) is 3.58. The average molecular weight is 366 g/mol. The third-order valence-corrected chi connectivity index (χ3v) is 5.51. The van der Waals surface area contributed by atoms with Crippen LogP contribution in [0.2, 0.25) is 0 Å². The molecular weight excluding hydrogens is 342 g/mol. The zero-order chi connectivity index (χ0) is 18.4. The molecule has 1 aliphatic carbocycles. The Morgan fingerprint density at radius 2 is 2.15 bits per heavy atom. The molecule has 1 spiro atoms. The number of halogens is 2. The lowest BCUT2D eigenvalue weighted by atomic mass is 9.87. The smallest absolute Gasteiger partial charge is 0.252 e. The topological polar surface area (TPSA) is 57.7 Å². The quantitative estimate of drug-likeness (QED) is 0.857. The number of nitrogens with one attached hydrogen (secondary N) is 1. The van der Waals surface area contributed by atoms with Crippen LogP contribution in [0.1, 0.15) is 18.4 Å². The Kier molecular flexibility index (Phi) is 4.45. The van der Waals surface area contributed by atoms with Gasteiger partial charge < -0.3 is 10.1 Å². The van der Waals surface area contributed by atoms with Gasteiger partial charge >= 0.3 is 0 Å². The van der Waals surface area contributed by atoms with Gasteiger partial charge in [-0.1, -0.05) is 6.07 Å². The van der Waals surface area contributed by atoms with Crippen molar-refractivity contribution >= 4 is 5.91 Å². The maximum atomic E-state index is 12.9. The lowest BCUT2D eigenvalue weighted by Gasteiger charge is -2.55. The van der Waals surface area contributed by atoms with Crippen molar-refractivity contribution in [2.75, 3.05) is 33.3 Å². The Labute approximate surface area is 151 Å². The van der Waals surface area contributed by atoms with Crippen molar-refractivity contribution in [1.82, 2.24) is 20.1 Å². The molecule has 3 heterocycles. The van der Waals surface area contributed by atoms with E-state index in [1.165, 1.54) is 5.56 Å². The molecule has 0 bridgehead atoms. The highest BCUT2D eigenvalue weighted by Gasteiger charge is 2.51. The molecule has 0 radical (unpaired) electrons. The number of likely N-dealkylation sites (tertiary alicyclic amines) is 1. The van der Waals surface area contributed by atoms with Gasteiger partial charge in [-0.2, -0.15) is 0 Å². The highest BCUT2D eigenvalue weighted by molar-refractivity contribution is 5.82. The fourth-order valence-electron chi connectivity index (χ4n) is 4.15. The van der Waals surface area contributed by atoms with Crippen molar-refractivity contribution < 1.29 is 18.3 Å². The minimum Gasteiger partial charge on any atom is -0.369 e. The molecule has 6 nitrogen and oxygen atoms in total. The minimum atomic E-state index is -2.62. The first-order chi connectivity index (χ1) is 12.3. The second-order valence-corrected chi connectivity index (χ2v) is 7.90. The van der Waals surface area contributed by atoms with Gasteiger partial charge in [0, 0.05) is 57.5 Å². The number of rotatable bonds is 4. The van der Waals surface area contributed by atoms with E-state index in [1.807, 2.05) is 24.2 Å². The van der Waals surface area contributed by atoms with Crippen molar-refractivity contribution in [2.24, 2.45) is 0 Å². The molecule has 1 aromatic heterocycles. The van der Waals surface area contributed by atoms with E-state index in [1.54, 1.807) is 6.20 Å². The molecule has 26 heavy (non-hydrogen) atoms. The van der Waals surface area contributed by atoms with Crippen molar-refractivity contribution in [3.05, 3.63) is 30.1 Å². The maximum Gasteiger partial charge on any atom is 0.252 e. The summed E-state index contributed by atoms with van der Waals surface area (Å²) in [6.45, 7) is 3.43. The number of hydrogen-bond acceptors (Lipinski definition) is 5. The summed E-state index contributed by atoms with van der Waals surface area (Å²) >= 11 is 0. The number of pyridine rings is 1. The van der Waals surface area contributed by atoms with Crippen LogP contribution in [-0.2, 0) is 16.1 Å². The van der Waals surface area contributed by atoms with Crippen LogP contribution in [0.15, 0.2) is 24.5 Å². The van der Waals surface area contributed by atoms with Gasteiger partial charge in [0.1, 0.15) is 11.6 Å². The summed E-state index contributed by atoms with van der Waals surface area (Å²) in [5.41, 5.74) is 0.929. The Balaban J connectivity index is 1.25. The largest absolute Gasteiger partial charge is 0.369 e. The number of aromatic nitrogens is 1. The predicted molar refractivity (Wildman–Crippen MR) is 90.7 cm³/mol. The molecule has 1 amide bonds. The summed E-state index contributed by atoms with van der Waals surface area (Å²) in [7, 11) is 1.90. The summed E-state index contributed by atoms with van der Waals surface area (Å²) in [6, 6.07) is 3.15. The van der Waals surface area contributed by atoms with Crippen LogP contribution in [0.4, 0.5) is 8.78 Å². The number of morpholine rings is 1. The Hall–Kier alpha value is -1.64. The lowest BCUT2D eigenvalue weighted by molar-refractivity contribution is -0.199. The fraction of sp³-hybridized carbons (Fsp3) is 0.667. The molecule has 2 aliphatic heterocycles. The number of likely N-dealkylation sites (N-methyl/N-ethyl adjacent to an activating group) is 1. The van der Waals surface area contributed by atoms with Gasteiger partial charge in [0.15, 0.2) is 0 Å². The predicted octanol–water partition coefficient (Wildman–Crippen LogP) is 0.880. The van der Waals surface area contributed by atoms with Crippen LogP contribution in [0.25, 0.3) is 0 Å². The van der Waals surface area contributed by atoms with Gasteiger partial charge in [0.25, 0.3) is 5.92 Å². The van der Waals surface area contributed by atoms with Crippen LogP contribution in [0.3, 0.4) is 0 Å². The molecule has 0 aromatic carbocycles. The van der Waals surface area contributed by atoms with E-state index < -0.39 is 18.0 Å². The summed E-state index contributed by atoms with van der Waals surface area (Å²) < 4.78 is 31.9. The standard InChI is InChI=1S/C18H24F2N4O2/c1-23-10-17(11-24(12-17)8-13-3-2-4-21-7-13)26-9-15(23)16(25)22-14-5-18(19,20)6-14/h2-4,7,14-15H,5-6,8-12H2,1H3,(H,22,25)/t15-/m0/s1. The Bertz CT molecular complexity index is 658. The highest BCUT2D eigenvalue weighted by Crippen LogP contribution is 2.37. The van der Waals surface area contributed by atoms with Crippen LogP contribution in [0, 0.1) is 0 Å². The number of carbonyl (C=O) groups is 1. The molecular formula is C18H24F2N4O2. The number of hydrogen-bond donors (Lipinski definition) is 1. The number of ether oxygens (including phenoxy) is 1. The van der Waals surface area contributed by atoms with E-state index in [0.717, 1.165) is 19.6 Å². The molecule has 3 fully saturated rings. The highest BCUT2D eigenvalue weighted by atomic mass is 19.3. The monoisotopic (exact) mass is 366 g/mol. The number of nitrogens with zero attached hydrogens (tertiary/aromatic N) is 3. The first-order valence-corrected chi connectivity index (χ1v) is 8.98. The van der Waals surface area contributed by atoms with Crippen LogP contribution in [-0.4, -0.2) is 77.6 Å². The van der Waals surface area contributed by atoms with E-state index >= 15 is 0 Å². The van der Waals surface area contributed by atoms with Gasteiger partial charge in [-0.15, -0.1) is 0 Å². The van der Waals surface area contributed by atoms with Crippen molar-refractivity contribution in [3.8, 4) is 0 Å². The zero-order valence-corrected chi connectivity index (χ0v) is 14.8. The fourth-order valence-corrected chi connectivity index (χ4v) is 4.15. The normalized spacial score (nSPS) is 28.3. The van der Waals surface area contributed by atoms with Crippen LogP contribution >= 0.6 is 0 Å². The second kappa shape index (κ2) is 6.51. The molecule has 1 aromatic rings. The molecule has 0 unspecified atom stereocenters. The van der Waals surface area contributed by atoms with Crippen molar-refractivity contribution in [1.29, 1.82) is 0 Å². The average Bonchev–Trinajstić information content (AvgIpc) is 2.52. The molecule has 3 aliphatic rings. The molecule has 2 saturated heterocycles. The summed E-state index contributed by atoms with van der Waals surface area (Å²) in [4.78, 5) is 20.8. The van der Waals surface area contributed by atoms with Crippen molar-refractivity contribution in [2.45, 2.75) is 43.0 Å². The number of carbonyl (C=O) groups excluding carboxylic acids is 1. The molecule has 8 heteroatoms. The Morgan fingerprint density at radius 1 is 1.38 bits per heavy atom. The summed E-state index contributed by atoms with van der Waals surface area (Å²) in [6.07, 6.45) is 3.10. The molecule has 1 atom stereocenters. The van der Waals surface area contributed by atoms with E-state index in [4.69, 9.17) is 4.74 Å². The first-order valence-electron chi connectivity index (χ1n) is 8.98. The zero-order valence-electron chi connectivity index (χ0n) is 14.8. The van der Waals surface area contributed by atoms with Gasteiger partial charge in [0.2, 0.25) is 5.91 Å². The SMILES string of the molecule is CN1CC2(CN(Cc3cccnc3)C2)OC[C@H]1C(=O)NC1CC(F)(F)C1. The van der Waals surface area contributed by atoms with E-state index in [9.17, 15) is 13.6 Å². The number of alkyl halides is 2. The molecule has 1 saturated carbocycles. The summed E-state index contributed by atoms with van der Waals surface area (Å²) in [5, 5.41) is 2.72. The van der Waals surface area contributed by atoms with Gasteiger partial charge in [0.05, 0.1) is 6.61 Å². The van der Waals surface area contributed by atoms with Crippen LogP contribution < -0.4 is 5.32 Å². The summed E-state index contributed by atoms with van der Waals surface area (Å²) in [5.74, 6) is -2.84. The van der Waals surface area contributed by atoms with Gasteiger partial charge in [-0.3, -0.25) is 19.6 Å². The van der Waals surface area contributed by atoms with E-state index in [0.29, 0.717) is 13.2 Å². The van der Waals surface area contributed by atoms with Crippen molar-refractivity contribution in [3.63, 3.8) is 0 Å². The molecule has 4 rings (SSSR count). The number of amides is 1. The van der Waals surface area contributed by atoms with E-state index in [-0.39, 0.29) is 24.3 Å².